The van der Waals surface area contributed by atoms with Gasteiger partial charge in [0.2, 0.25) is 0 Å². The highest BCUT2D eigenvalue weighted by Gasteiger charge is 2.32. The molecule has 3 aromatic rings. The first-order chi connectivity index (χ1) is 13.5. The maximum absolute atomic E-state index is 13.1. The number of carbonyl (C=O) groups is 1. The largest absolute Gasteiger partial charge is 0.416 e. The van der Waals surface area contributed by atoms with Crippen LogP contribution in [0.25, 0.3) is 16.9 Å². The van der Waals surface area contributed by atoms with Gasteiger partial charge in [-0.2, -0.15) is 26.3 Å². The van der Waals surface area contributed by atoms with Crippen molar-refractivity contribution in [2.45, 2.75) is 12.4 Å². The predicted octanol–water partition coefficient (Wildman–Crippen LogP) is 4.94. The van der Waals surface area contributed by atoms with E-state index in [0.29, 0.717) is 5.56 Å². The van der Waals surface area contributed by atoms with Crippen LogP contribution in [0.3, 0.4) is 0 Å². The molecule has 0 fully saturated rings. The number of alkyl halides is 6. The maximum Gasteiger partial charge on any atom is 0.416 e. The molecular weight excluding hydrogens is 400 g/mol. The van der Waals surface area contributed by atoms with Crippen molar-refractivity contribution >= 4 is 5.91 Å². The molecule has 0 aliphatic rings. The zero-order valence-electron chi connectivity index (χ0n) is 14.8. The summed E-state index contributed by atoms with van der Waals surface area (Å²) in [5, 5.41) is 2.35. The quantitative estimate of drug-likeness (QED) is 0.619. The van der Waals surface area contributed by atoms with E-state index < -0.39 is 29.4 Å². The van der Waals surface area contributed by atoms with E-state index >= 15 is 0 Å². The van der Waals surface area contributed by atoms with Gasteiger partial charge >= 0.3 is 12.4 Å². The monoisotopic (exact) mass is 413 g/mol. The number of benzene rings is 2. The second-order valence-corrected chi connectivity index (χ2v) is 6.05. The molecule has 0 bridgehead atoms. The van der Waals surface area contributed by atoms with E-state index in [-0.39, 0.29) is 16.9 Å². The Morgan fingerprint density at radius 1 is 0.931 bits per heavy atom. The highest BCUT2D eigenvalue weighted by Crippen LogP contribution is 2.33. The number of aromatic nitrogens is 2. The number of hydrogen-bond donors (Lipinski definition) is 1. The minimum absolute atomic E-state index is 0.0168. The van der Waals surface area contributed by atoms with Crippen LogP contribution in [0.4, 0.5) is 26.3 Å². The Kier molecular flexibility index (Phi) is 5.12. The molecular formula is C19H13F6N3O. The molecule has 0 saturated carbocycles. The van der Waals surface area contributed by atoms with E-state index in [4.69, 9.17) is 0 Å². The number of nitrogens with zero attached hydrogens (tertiary/aromatic N) is 2. The van der Waals surface area contributed by atoms with Crippen molar-refractivity contribution in [3.63, 3.8) is 0 Å². The maximum atomic E-state index is 13.1. The summed E-state index contributed by atoms with van der Waals surface area (Å²) in [7, 11) is 1.34. The van der Waals surface area contributed by atoms with Crippen LogP contribution in [0.2, 0.25) is 0 Å². The summed E-state index contributed by atoms with van der Waals surface area (Å²) < 4.78 is 78.5. The molecule has 0 aliphatic carbocycles. The van der Waals surface area contributed by atoms with Gasteiger partial charge in [0.05, 0.1) is 34.4 Å². The fourth-order valence-corrected chi connectivity index (χ4v) is 2.68. The van der Waals surface area contributed by atoms with Crippen molar-refractivity contribution in [1.82, 2.24) is 14.9 Å². The van der Waals surface area contributed by atoms with Gasteiger partial charge in [0.15, 0.2) is 0 Å². The molecule has 1 amide bonds. The van der Waals surface area contributed by atoms with Gasteiger partial charge < -0.3 is 9.88 Å². The molecule has 29 heavy (non-hydrogen) atoms. The van der Waals surface area contributed by atoms with Gasteiger partial charge in [0, 0.05) is 18.8 Å². The third-order valence-electron chi connectivity index (χ3n) is 4.17. The fraction of sp³-hybridized carbons (Fsp3) is 0.158. The molecule has 0 unspecified atom stereocenters. The van der Waals surface area contributed by atoms with E-state index in [2.05, 4.69) is 10.3 Å². The zero-order valence-corrected chi connectivity index (χ0v) is 14.8. The van der Waals surface area contributed by atoms with Crippen LogP contribution < -0.4 is 5.32 Å². The number of carbonyl (C=O) groups excluding carboxylic acids is 1. The normalized spacial score (nSPS) is 12.1. The van der Waals surface area contributed by atoms with Crippen molar-refractivity contribution in [3.8, 4) is 16.9 Å². The molecule has 0 radical (unpaired) electrons. The van der Waals surface area contributed by atoms with Gasteiger partial charge in [-0.15, -0.1) is 0 Å². The average Bonchev–Trinajstić information content (AvgIpc) is 3.15. The summed E-state index contributed by atoms with van der Waals surface area (Å²) in [5.41, 5.74) is -1.30. The molecule has 10 heteroatoms. The van der Waals surface area contributed by atoms with Crippen LogP contribution in [0, 0.1) is 0 Å². The fourth-order valence-electron chi connectivity index (χ4n) is 2.68. The van der Waals surface area contributed by atoms with Gasteiger partial charge in [-0.05, 0) is 30.3 Å². The van der Waals surface area contributed by atoms with Gasteiger partial charge in [-0.3, -0.25) is 4.79 Å². The third kappa shape index (κ3) is 4.25. The van der Waals surface area contributed by atoms with Gasteiger partial charge in [-0.25, -0.2) is 4.98 Å². The Morgan fingerprint density at radius 3 is 2.07 bits per heavy atom. The Morgan fingerprint density at radius 2 is 1.52 bits per heavy atom. The Labute approximate surface area is 160 Å². The number of imidazole rings is 1. The zero-order chi connectivity index (χ0) is 21.4. The standard InChI is InChI=1S/C19H13F6N3O/c1-26-17(29)14-7-6-13(19(23,24)25)8-16(14)28-9-15(27-10-28)11-2-4-12(5-3-11)18(20,21)22/h2-10H,1H3,(H,26,29). The smallest absolute Gasteiger partial charge is 0.355 e. The second-order valence-electron chi connectivity index (χ2n) is 6.05. The lowest BCUT2D eigenvalue weighted by atomic mass is 10.1. The molecule has 152 valence electrons. The Hall–Kier alpha value is -3.30. The molecule has 0 spiro atoms. The lowest BCUT2D eigenvalue weighted by Gasteiger charge is -2.13. The van der Waals surface area contributed by atoms with E-state index in [9.17, 15) is 31.1 Å². The predicted molar refractivity (Wildman–Crippen MR) is 92.4 cm³/mol. The van der Waals surface area contributed by atoms with Crippen molar-refractivity contribution in [2.75, 3.05) is 7.05 Å². The summed E-state index contributed by atoms with van der Waals surface area (Å²) >= 11 is 0. The number of hydrogen-bond acceptors (Lipinski definition) is 2. The minimum atomic E-state index is -4.62. The highest BCUT2D eigenvalue weighted by molar-refractivity contribution is 5.97. The number of nitrogens with one attached hydrogen (secondary N) is 1. The first kappa shape index (κ1) is 20.4. The molecule has 1 heterocycles. The van der Waals surface area contributed by atoms with Crippen LogP contribution in [0.1, 0.15) is 21.5 Å². The molecule has 0 aliphatic heterocycles. The second kappa shape index (κ2) is 7.26. The molecule has 3 rings (SSSR count). The number of halogens is 6. The summed E-state index contributed by atoms with van der Waals surface area (Å²) in [6, 6.07) is 6.84. The van der Waals surface area contributed by atoms with Gasteiger partial charge in [0.25, 0.3) is 5.91 Å². The van der Waals surface area contributed by atoms with Gasteiger partial charge in [-0.1, -0.05) is 12.1 Å². The first-order valence-electron chi connectivity index (χ1n) is 8.16. The van der Waals surface area contributed by atoms with E-state index in [1.54, 1.807) is 0 Å². The van der Waals surface area contributed by atoms with Crippen LogP contribution in [-0.2, 0) is 12.4 Å². The first-order valence-corrected chi connectivity index (χ1v) is 8.16. The van der Waals surface area contributed by atoms with Crippen molar-refractivity contribution in [3.05, 3.63) is 71.7 Å². The Balaban J connectivity index is 2.04. The third-order valence-corrected chi connectivity index (χ3v) is 4.17. The van der Waals surface area contributed by atoms with Crippen LogP contribution in [-0.4, -0.2) is 22.5 Å². The highest BCUT2D eigenvalue weighted by atomic mass is 19.4. The molecule has 1 N–H and O–H groups in total. The number of amides is 1. The average molecular weight is 413 g/mol. The van der Waals surface area contributed by atoms with Crippen molar-refractivity contribution in [2.24, 2.45) is 0 Å². The van der Waals surface area contributed by atoms with Crippen molar-refractivity contribution in [1.29, 1.82) is 0 Å². The number of rotatable bonds is 3. The topological polar surface area (TPSA) is 46.9 Å². The van der Waals surface area contributed by atoms with E-state index in [0.717, 1.165) is 30.3 Å². The molecule has 2 aromatic carbocycles. The molecule has 4 nitrogen and oxygen atoms in total. The lowest BCUT2D eigenvalue weighted by molar-refractivity contribution is -0.138. The van der Waals surface area contributed by atoms with Gasteiger partial charge in [0.1, 0.15) is 0 Å². The van der Waals surface area contributed by atoms with Crippen molar-refractivity contribution < 1.29 is 31.1 Å². The summed E-state index contributed by atoms with van der Waals surface area (Å²) in [5.74, 6) is -0.599. The van der Waals surface area contributed by atoms with Crippen LogP contribution in [0.5, 0.6) is 0 Å². The van der Waals surface area contributed by atoms with E-state index in [1.807, 2.05) is 0 Å². The molecule has 1 aromatic heterocycles. The summed E-state index contributed by atoms with van der Waals surface area (Å²) in [6.07, 6.45) is -6.58. The van der Waals surface area contributed by atoms with Crippen LogP contribution in [0.15, 0.2) is 55.0 Å². The molecule has 0 saturated heterocycles. The Bertz CT molecular complexity index is 1040. The summed E-state index contributed by atoms with van der Waals surface area (Å²) in [4.78, 5) is 16.1. The lowest BCUT2D eigenvalue weighted by Crippen LogP contribution is -2.20. The minimum Gasteiger partial charge on any atom is -0.355 e. The van der Waals surface area contributed by atoms with E-state index in [1.165, 1.54) is 36.3 Å². The molecule has 0 atom stereocenters. The van der Waals surface area contributed by atoms with Crippen LogP contribution >= 0.6 is 0 Å². The SMILES string of the molecule is CNC(=O)c1ccc(C(F)(F)F)cc1-n1cnc(-c2ccc(C(F)(F)F)cc2)c1. The summed E-state index contributed by atoms with van der Waals surface area (Å²) in [6.45, 7) is 0.